The monoisotopic (exact) mass is 858 g/mol. The van der Waals surface area contributed by atoms with Crippen LogP contribution in [0.1, 0.15) is 162 Å². The molecule has 0 aliphatic heterocycles. The van der Waals surface area contributed by atoms with Gasteiger partial charge in [0.2, 0.25) is 0 Å². The van der Waals surface area contributed by atoms with Crippen molar-refractivity contribution in [2.75, 3.05) is 47.5 Å². The molecule has 0 aromatic carbocycles. The Kier molecular flexibility index (Phi) is 31.5. The van der Waals surface area contributed by atoms with Crippen LogP contribution in [0.4, 0.5) is 0 Å². The van der Waals surface area contributed by atoms with E-state index in [2.05, 4.69) is 26.0 Å². The molecule has 0 aromatic rings. The summed E-state index contributed by atoms with van der Waals surface area (Å²) in [5, 5.41) is 31.3. The van der Waals surface area contributed by atoms with Gasteiger partial charge in [0.05, 0.1) is 52.3 Å². The molecule has 3 N–H and O–H groups in total. The maximum atomic E-state index is 12.9. The van der Waals surface area contributed by atoms with Gasteiger partial charge in [0.1, 0.15) is 25.5 Å². The van der Waals surface area contributed by atoms with E-state index >= 15 is 0 Å². The number of likely N-dealkylation sites (N-methyl/N-ethyl adjacent to an activating group) is 1. The van der Waals surface area contributed by atoms with Crippen LogP contribution in [0.15, 0.2) is 36.6 Å². The summed E-state index contributed by atoms with van der Waals surface area (Å²) >= 11 is 0. The lowest BCUT2D eigenvalue weighted by molar-refractivity contribution is -0.870. The Morgan fingerprint density at radius 1 is 0.780 bits per heavy atom. The number of aliphatic hydroxyl groups is 3. The molecule has 1 aliphatic carbocycles. The number of carbonyl (C=O) groups is 2. The fraction of sp³-hybridized carbons (Fsp3) is 0.826. The number of ketones is 1. The topological polar surface area (TPSA) is 172 Å². The molecule has 0 aromatic heterocycles. The van der Waals surface area contributed by atoms with Crippen molar-refractivity contribution in [1.29, 1.82) is 0 Å². The summed E-state index contributed by atoms with van der Waals surface area (Å²) in [6.45, 7) is 4.15. The Morgan fingerprint density at radius 2 is 1.37 bits per heavy atom. The van der Waals surface area contributed by atoms with Gasteiger partial charge in [0.15, 0.2) is 6.10 Å². The SMILES string of the molecule is CCCCCC/C=C\CCCCCCCC/C=C/O[C@H](COC(=O)CCCCC(=O)C[C@@H]1[C@@H](/C=C/[C@@H](O)CCCCC)[C@H](O)C[C@@H]1O)COP(=O)([O-])OCC[N+](C)(C)C. The summed E-state index contributed by atoms with van der Waals surface area (Å²) in [6.07, 6.45) is 28.8. The smallest absolute Gasteiger partial charge is 0.305 e. The number of hydrogen-bond donors (Lipinski definition) is 3. The van der Waals surface area contributed by atoms with Crippen LogP contribution in [-0.2, 0) is 32.7 Å². The van der Waals surface area contributed by atoms with E-state index in [0.29, 0.717) is 30.3 Å². The van der Waals surface area contributed by atoms with Crippen LogP contribution in [0.3, 0.4) is 0 Å². The van der Waals surface area contributed by atoms with Crippen molar-refractivity contribution in [3.8, 4) is 0 Å². The van der Waals surface area contributed by atoms with Crippen LogP contribution in [0.5, 0.6) is 0 Å². The Labute approximate surface area is 358 Å². The zero-order chi connectivity index (χ0) is 43.8. The standard InChI is InChI=1S/C46H84NO11P/c1-6-8-10-11-12-13-14-15-16-17-18-19-20-21-22-26-33-55-41(38-58-59(53,54)57-34-32-47(3,4)5)37-56-46(52)29-25-24-28-40(49)35-43-42(44(50)36-45(43)51)31-30-39(48)27-23-9-7-2/h13-14,26,30-31,33,39,41-45,48,50-51H,6-12,15-25,27-29,32,34-38H2,1-5H3/b14-13-,31-30+,33-26+/t39-,41+,42+,43+,44+,45-/m0/s1. The number of rotatable bonds is 38. The number of Topliss-reactive ketones (excluding diaryl/α,β-unsaturated/α-hetero) is 1. The molecule has 1 aliphatic rings. The highest BCUT2D eigenvalue weighted by Crippen LogP contribution is 2.39. The summed E-state index contributed by atoms with van der Waals surface area (Å²) in [5.74, 6) is -1.41. The van der Waals surface area contributed by atoms with Crippen molar-refractivity contribution in [2.45, 2.75) is 186 Å². The van der Waals surface area contributed by atoms with Crippen LogP contribution >= 0.6 is 7.82 Å². The summed E-state index contributed by atoms with van der Waals surface area (Å²) in [7, 11) is 1.15. The molecule has 0 saturated heterocycles. The number of phosphoric acid groups is 1. The van der Waals surface area contributed by atoms with E-state index < -0.39 is 50.0 Å². The maximum Gasteiger partial charge on any atom is 0.305 e. The molecule has 344 valence electrons. The molecule has 1 saturated carbocycles. The minimum atomic E-state index is -4.61. The van der Waals surface area contributed by atoms with Gasteiger partial charge in [-0.05, 0) is 63.9 Å². The molecule has 12 nitrogen and oxygen atoms in total. The van der Waals surface area contributed by atoms with Crippen LogP contribution in [0.2, 0.25) is 0 Å². The van der Waals surface area contributed by atoms with Gasteiger partial charge >= 0.3 is 5.97 Å². The Hall–Kier alpha value is -1.89. The molecule has 59 heavy (non-hydrogen) atoms. The first-order valence-corrected chi connectivity index (χ1v) is 24.4. The third-order valence-electron chi connectivity index (χ3n) is 10.7. The second-order valence-electron chi connectivity index (χ2n) is 17.4. The summed E-state index contributed by atoms with van der Waals surface area (Å²) in [6, 6.07) is 0. The lowest BCUT2D eigenvalue weighted by Crippen LogP contribution is -2.37. The van der Waals surface area contributed by atoms with Crippen LogP contribution in [0, 0.1) is 11.8 Å². The predicted octanol–water partition coefficient (Wildman–Crippen LogP) is 8.66. The molecule has 0 radical (unpaired) electrons. The molecule has 1 fully saturated rings. The maximum absolute atomic E-state index is 12.9. The number of phosphoric ester groups is 1. The molecule has 1 rings (SSSR count). The van der Waals surface area contributed by atoms with Crippen LogP contribution in [-0.4, -0.2) is 103 Å². The van der Waals surface area contributed by atoms with E-state index in [-0.39, 0.29) is 51.3 Å². The highest BCUT2D eigenvalue weighted by molar-refractivity contribution is 7.45. The van der Waals surface area contributed by atoms with Crippen molar-refractivity contribution in [2.24, 2.45) is 11.8 Å². The van der Waals surface area contributed by atoms with Gasteiger partial charge in [-0.2, -0.15) is 0 Å². The van der Waals surface area contributed by atoms with Gasteiger partial charge < -0.3 is 43.2 Å². The van der Waals surface area contributed by atoms with E-state index in [0.717, 1.165) is 44.9 Å². The van der Waals surface area contributed by atoms with Crippen molar-refractivity contribution < 1.29 is 57.4 Å². The molecule has 13 heteroatoms. The number of ether oxygens (including phenoxy) is 2. The highest BCUT2D eigenvalue weighted by atomic mass is 31.2. The zero-order valence-electron chi connectivity index (χ0n) is 37.5. The van der Waals surface area contributed by atoms with Crippen molar-refractivity contribution in [3.05, 3.63) is 36.6 Å². The number of quaternary nitrogens is 1. The summed E-state index contributed by atoms with van der Waals surface area (Å²) in [4.78, 5) is 37.9. The van der Waals surface area contributed by atoms with Crippen molar-refractivity contribution in [3.63, 3.8) is 0 Å². The predicted molar refractivity (Wildman–Crippen MR) is 233 cm³/mol. The second-order valence-corrected chi connectivity index (χ2v) is 18.8. The number of unbranched alkanes of at least 4 members (excludes halogenated alkanes) is 14. The number of allylic oxidation sites excluding steroid dienone is 3. The van der Waals surface area contributed by atoms with E-state index in [9.17, 15) is 34.4 Å². The Balaban J connectivity index is 2.48. The lowest BCUT2D eigenvalue weighted by atomic mass is 9.87. The Bertz CT molecular complexity index is 1220. The minimum Gasteiger partial charge on any atom is -0.756 e. The fourth-order valence-corrected chi connectivity index (χ4v) is 7.72. The van der Waals surface area contributed by atoms with Crippen molar-refractivity contribution >= 4 is 19.6 Å². The highest BCUT2D eigenvalue weighted by Gasteiger charge is 2.41. The molecule has 0 bridgehead atoms. The quantitative estimate of drug-likeness (QED) is 0.0136. The van der Waals surface area contributed by atoms with Gasteiger partial charge in [0, 0.05) is 37.5 Å². The average Bonchev–Trinajstić information content (AvgIpc) is 3.44. The number of hydrogen-bond acceptors (Lipinski definition) is 11. The van der Waals surface area contributed by atoms with E-state index in [1.165, 1.54) is 64.0 Å². The van der Waals surface area contributed by atoms with Gasteiger partial charge in [0.25, 0.3) is 7.82 Å². The molecule has 0 amide bonds. The average molecular weight is 858 g/mol. The number of aliphatic hydroxyl groups excluding tert-OH is 3. The molecule has 7 atom stereocenters. The van der Waals surface area contributed by atoms with E-state index in [1.54, 1.807) is 12.2 Å². The van der Waals surface area contributed by atoms with Gasteiger partial charge in [-0.25, -0.2) is 0 Å². The largest absolute Gasteiger partial charge is 0.756 e. The van der Waals surface area contributed by atoms with Crippen LogP contribution in [0.25, 0.3) is 0 Å². The number of carbonyl (C=O) groups excluding carboxylic acids is 2. The third-order valence-corrected chi connectivity index (χ3v) is 11.7. The summed E-state index contributed by atoms with van der Waals surface area (Å²) < 4.78 is 34.2. The van der Waals surface area contributed by atoms with Gasteiger partial charge in [-0.15, -0.1) is 0 Å². The summed E-state index contributed by atoms with van der Waals surface area (Å²) in [5.41, 5.74) is 0. The number of nitrogens with zero attached hydrogens (tertiary/aromatic N) is 1. The lowest BCUT2D eigenvalue weighted by Gasteiger charge is -2.28. The molecular formula is C46H84NO11P. The fourth-order valence-electron chi connectivity index (χ4n) is 6.99. The first-order valence-electron chi connectivity index (χ1n) is 22.9. The van der Waals surface area contributed by atoms with E-state index in [4.69, 9.17) is 18.5 Å². The molecule has 0 heterocycles. The third kappa shape index (κ3) is 30.7. The van der Waals surface area contributed by atoms with Crippen LogP contribution < -0.4 is 4.89 Å². The Morgan fingerprint density at radius 3 is 2.02 bits per heavy atom. The van der Waals surface area contributed by atoms with Gasteiger partial charge in [-0.3, -0.25) is 14.2 Å². The first-order chi connectivity index (χ1) is 28.2. The van der Waals surface area contributed by atoms with Gasteiger partial charge in [-0.1, -0.05) is 102 Å². The van der Waals surface area contributed by atoms with E-state index in [1.807, 2.05) is 27.2 Å². The number of esters is 1. The normalized spacial score (nSPS) is 20.8. The molecular weight excluding hydrogens is 773 g/mol. The minimum absolute atomic E-state index is 0.0341. The molecule has 0 spiro atoms. The zero-order valence-corrected chi connectivity index (χ0v) is 38.4. The second kappa shape index (κ2) is 33.7. The van der Waals surface area contributed by atoms with Crippen molar-refractivity contribution in [1.82, 2.24) is 0 Å². The molecule has 1 unspecified atom stereocenters. The first kappa shape index (κ1) is 55.1.